The summed E-state index contributed by atoms with van der Waals surface area (Å²) in [6.07, 6.45) is 12.2. The van der Waals surface area contributed by atoms with E-state index in [-0.39, 0.29) is 0 Å². The van der Waals surface area contributed by atoms with Crippen LogP contribution in [-0.2, 0) is 4.74 Å². The van der Waals surface area contributed by atoms with E-state index in [4.69, 9.17) is 10.5 Å². The summed E-state index contributed by atoms with van der Waals surface area (Å²) in [7, 11) is 0. The van der Waals surface area contributed by atoms with E-state index >= 15 is 0 Å². The average Bonchev–Trinajstić information content (AvgIpc) is 2.53. The molecule has 0 saturated heterocycles. The van der Waals surface area contributed by atoms with Crippen molar-refractivity contribution in [2.24, 2.45) is 11.7 Å². The predicted octanol–water partition coefficient (Wildman–Crippen LogP) is 3.49. The fourth-order valence-corrected chi connectivity index (χ4v) is 2.60. The highest BCUT2D eigenvalue weighted by Gasteiger charge is 2.22. The highest BCUT2D eigenvalue weighted by atomic mass is 16.5. The second-order valence-electron chi connectivity index (χ2n) is 5.10. The van der Waals surface area contributed by atoms with Gasteiger partial charge >= 0.3 is 0 Å². The van der Waals surface area contributed by atoms with E-state index in [0.717, 1.165) is 13.2 Å². The number of hydrogen-bond donors (Lipinski definition) is 1. The Kier molecular flexibility index (Phi) is 7.87. The second-order valence-corrected chi connectivity index (χ2v) is 5.10. The molecular formula is C14H29NO. The third-order valence-electron chi connectivity index (χ3n) is 3.72. The molecule has 0 radical (unpaired) electrons. The molecule has 0 heterocycles. The largest absolute Gasteiger partial charge is 0.378 e. The van der Waals surface area contributed by atoms with E-state index in [1.165, 1.54) is 57.8 Å². The maximum atomic E-state index is 6.03. The first-order chi connectivity index (χ1) is 7.88. The highest BCUT2D eigenvalue weighted by molar-refractivity contribution is 4.75. The normalized spacial score (nSPS) is 26.6. The molecule has 1 saturated carbocycles. The Hall–Kier alpha value is -0.0800. The first kappa shape index (κ1) is 14.0. The maximum absolute atomic E-state index is 6.03. The molecule has 1 fully saturated rings. The summed E-state index contributed by atoms with van der Waals surface area (Å²) >= 11 is 0. The summed E-state index contributed by atoms with van der Waals surface area (Å²) in [6, 6.07) is 0. The van der Waals surface area contributed by atoms with E-state index < -0.39 is 0 Å². The minimum atomic E-state index is 0.453. The quantitative estimate of drug-likeness (QED) is 0.534. The van der Waals surface area contributed by atoms with Crippen molar-refractivity contribution in [2.75, 3.05) is 13.2 Å². The average molecular weight is 227 g/mol. The molecule has 2 atom stereocenters. The van der Waals surface area contributed by atoms with Crippen LogP contribution in [-0.4, -0.2) is 19.3 Å². The lowest BCUT2D eigenvalue weighted by molar-refractivity contribution is 0.00852. The van der Waals surface area contributed by atoms with E-state index in [2.05, 4.69) is 6.92 Å². The van der Waals surface area contributed by atoms with Gasteiger partial charge in [0.2, 0.25) is 0 Å². The van der Waals surface area contributed by atoms with Gasteiger partial charge in [-0.2, -0.15) is 0 Å². The fraction of sp³-hybridized carbons (Fsp3) is 1.00. The van der Waals surface area contributed by atoms with Gasteiger partial charge in [0.1, 0.15) is 0 Å². The van der Waals surface area contributed by atoms with Crippen molar-refractivity contribution in [3.8, 4) is 0 Å². The van der Waals surface area contributed by atoms with Gasteiger partial charge in [0.15, 0.2) is 0 Å². The van der Waals surface area contributed by atoms with Crippen LogP contribution in [0.5, 0.6) is 0 Å². The number of hydrogen-bond acceptors (Lipinski definition) is 2. The molecule has 16 heavy (non-hydrogen) atoms. The van der Waals surface area contributed by atoms with Crippen molar-refractivity contribution in [1.82, 2.24) is 0 Å². The number of unbranched alkanes of at least 4 members (excludes halogenated alkanes) is 3. The molecule has 0 aromatic rings. The van der Waals surface area contributed by atoms with Gasteiger partial charge < -0.3 is 10.5 Å². The number of ether oxygens (including phenoxy) is 1. The molecule has 0 spiro atoms. The molecule has 96 valence electrons. The molecule has 2 N–H and O–H groups in total. The Morgan fingerprint density at radius 3 is 2.62 bits per heavy atom. The lowest BCUT2D eigenvalue weighted by Crippen LogP contribution is -2.29. The molecular weight excluding hydrogens is 198 g/mol. The lowest BCUT2D eigenvalue weighted by Gasteiger charge is -2.24. The molecule has 2 heteroatoms. The Bertz CT molecular complexity index is 161. The third kappa shape index (κ3) is 5.31. The highest BCUT2D eigenvalue weighted by Crippen LogP contribution is 2.25. The van der Waals surface area contributed by atoms with E-state index in [1.54, 1.807) is 0 Å². The van der Waals surface area contributed by atoms with Crippen molar-refractivity contribution in [1.29, 1.82) is 0 Å². The van der Waals surface area contributed by atoms with Gasteiger partial charge in [-0.3, -0.25) is 0 Å². The first-order valence-electron chi connectivity index (χ1n) is 7.20. The molecule has 1 aliphatic rings. The van der Waals surface area contributed by atoms with Crippen LogP contribution in [0.1, 0.15) is 64.7 Å². The SMILES string of the molecule is CCCCCCOC1CCCCCC1CN. The van der Waals surface area contributed by atoms with Crippen LogP contribution in [0.25, 0.3) is 0 Å². The van der Waals surface area contributed by atoms with Gasteiger partial charge in [0.25, 0.3) is 0 Å². The molecule has 0 bridgehead atoms. The van der Waals surface area contributed by atoms with Crippen LogP contribution in [0.3, 0.4) is 0 Å². The van der Waals surface area contributed by atoms with Crippen LogP contribution in [0, 0.1) is 5.92 Å². The van der Waals surface area contributed by atoms with Gasteiger partial charge in [0.05, 0.1) is 6.10 Å². The van der Waals surface area contributed by atoms with E-state index in [9.17, 15) is 0 Å². The van der Waals surface area contributed by atoms with Crippen LogP contribution in [0.15, 0.2) is 0 Å². The minimum absolute atomic E-state index is 0.453. The fourth-order valence-electron chi connectivity index (χ4n) is 2.60. The van der Waals surface area contributed by atoms with Crippen molar-refractivity contribution in [3.63, 3.8) is 0 Å². The lowest BCUT2D eigenvalue weighted by atomic mass is 9.97. The third-order valence-corrected chi connectivity index (χ3v) is 3.72. The standard InChI is InChI=1S/C14H29NO/c1-2-3-4-8-11-16-14-10-7-5-6-9-13(14)12-15/h13-14H,2-12,15H2,1H3. The summed E-state index contributed by atoms with van der Waals surface area (Å²) in [6.45, 7) is 4.00. The summed E-state index contributed by atoms with van der Waals surface area (Å²) < 4.78 is 6.03. The van der Waals surface area contributed by atoms with Crippen molar-refractivity contribution in [3.05, 3.63) is 0 Å². The summed E-state index contributed by atoms with van der Waals surface area (Å²) in [5.41, 5.74) is 5.84. The van der Waals surface area contributed by atoms with Gasteiger partial charge in [-0.15, -0.1) is 0 Å². The minimum Gasteiger partial charge on any atom is -0.378 e. The van der Waals surface area contributed by atoms with Crippen LogP contribution in [0.4, 0.5) is 0 Å². The van der Waals surface area contributed by atoms with E-state index in [0.29, 0.717) is 12.0 Å². The molecule has 0 aromatic carbocycles. The van der Waals surface area contributed by atoms with E-state index in [1.807, 2.05) is 0 Å². The smallest absolute Gasteiger partial charge is 0.0615 e. The molecule has 2 unspecified atom stereocenters. The summed E-state index contributed by atoms with van der Waals surface area (Å²) in [4.78, 5) is 0. The van der Waals surface area contributed by atoms with Gasteiger partial charge in [-0.1, -0.05) is 45.4 Å². The molecule has 0 aromatic heterocycles. The van der Waals surface area contributed by atoms with Gasteiger partial charge in [-0.25, -0.2) is 0 Å². The molecule has 1 rings (SSSR count). The molecule has 2 nitrogen and oxygen atoms in total. The summed E-state index contributed by atoms with van der Waals surface area (Å²) in [5.74, 6) is 0.619. The monoisotopic (exact) mass is 227 g/mol. The zero-order valence-corrected chi connectivity index (χ0v) is 10.9. The Labute approximate surface area is 101 Å². The zero-order valence-electron chi connectivity index (χ0n) is 10.9. The maximum Gasteiger partial charge on any atom is 0.0615 e. The Balaban J connectivity index is 2.15. The Morgan fingerprint density at radius 2 is 1.88 bits per heavy atom. The summed E-state index contributed by atoms with van der Waals surface area (Å²) in [5, 5.41) is 0. The van der Waals surface area contributed by atoms with Gasteiger partial charge in [0, 0.05) is 6.61 Å². The van der Waals surface area contributed by atoms with Crippen LogP contribution in [0.2, 0.25) is 0 Å². The van der Waals surface area contributed by atoms with Crippen LogP contribution < -0.4 is 5.73 Å². The predicted molar refractivity (Wildman–Crippen MR) is 69.5 cm³/mol. The van der Waals surface area contributed by atoms with Crippen LogP contribution >= 0.6 is 0 Å². The molecule has 0 aliphatic heterocycles. The van der Waals surface area contributed by atoms with Crippen molar-refractivity contribution < 1.29 is 4.74 Å². The molecule has 1 aliphatic carbocycles. The first-order valence-corrected chi connectivity index (χ1v) is 7.20. The Morgan fingerprint density at radius 1 is 1.06 bits per heavy atom. The van der Waals surface area contributed by atoms with Gasteiger partial charge in [-0.05, 0) is 31.7 Å². The second kappa shape index (κ2) is 9.00. The van der Waals surface area contributed by atoms with Crippen molar-refractivity contribution >= 4 is 0 Å². The number of rotatable bonds is 7. The zero-order chi connectivity index (χ0) is 11.6. The molecule has 0 amide bonds. The topological polar surface area (TPSA) is 35.2 Å². The van der Waals surface area contributed by atoms with Crippen molar-refractivity contribution in [2.45, 2.75) is 70.8 Å². The number of nitrogens with two attached hydrogens (primary N) is 1.